The number of nitrogens with one attached hydrogen (secondary N) is 2. The van der Waals surface area contributed by atoms with Gasteiger partial charge in [-0.05, 0) is 42.8 Å². The normalized spacial score (nSPS) is 10.5. The summed E-state index contributed by atoms with van der Waals surface area (Å²) in [6.45, 7) is 2.35. The largest absolute Gasteiger partial charge is 0.490 e. The van der Waals surface area contributed by atoms with Gasteiger partial charge in [0.2, 0.25) is 0 Å². The third-order valence-electron chi connectivity index (χ3n) is 4.67. The molecule has 0 fully saturated rings. The molecule has 2 aromatic heterocycles. The molecule has 11 nitrogen and oxygen atoms in total. The van der Waals surface area contributed by atoms with Crippen LogP contribution < -0.4 is 10.6 Å². The first-order chi connectivity index (χ1) is 18.1. The second-order valence-corrected chi connectivity index (χ2v) is 7.44. The number of hydrogen-bond acceptors (Lipinski definition) is 8. The van der Waals surface area contributed by atoms with E-state index in [9.17, 15) is 18.0 Å². The number of nitriles is 1. The van der Waals surface area contributed by atoms with E-state index in [2.05, 4.69) is 30.7 Å². The number of nitrogens with zero attached hydrogens (tertiary/aromatic N) is 6. The van der Waals surface area contributed by atoms with Gasteiger partial charge in [0, 0.05) is 18.3 Å². The molecule has 3 N–H and O–H groups in total. The number of alkyl halides is 3. The van der Waals surface area contributed by atoms with Crippen molar-refractivity contribution in [2.24, 2.45) is 0 Å². The van der Waals surface area contributed by atoms with E-state index < -0.39 is 12.1 Å². The maximum absolute atomic E-state index is 12.9. The number of aliphatic carboxylic acids is 1. The fourth-order valence-corrected chi connectivity index (χ4v) is 2.97. The van der Waals surface area contributed by atoms with E-state index in [1.165, 1.54) is 11.0 Å². The number of para-hydroxylation sites is 2. The highest BCUT2D eigenvalue weighted by atomic mass is 19.4. The molecule has 1 amide bonds. The number of aromatic nitrogens is 5. The summed E-state index contributed by atoms with van der Waals surface area (Å²) < 4.78 is 33.2. The molecule has 0 saturated carbocycles. The van der Waals surface area contributed by atoms with Crippen LogP contribution in [0.1, 0.15) is 27.6 Å². The minimum Gasteiger partial charge on any atom is -0.475 e. The minimum atomic E-state index is -5.08. The van der Waals surface area contributed by atoms with Gasteiger partial charge in [-0.2, -0.15) is 18.4 Å². The second kappa shape index (κ2) is 12.1. The molecule has 38 heavy (non-hydrogen) atoms. The Morgan fingerprint density at radius 1 is 1.11 bits per heavy atom. The Balaban J connectivity index is 0.000000505. The van der Waals surface area contributed by atoms with Crippen LogP contribution in [0.25, 0.3) is 5.69 Å². The lowest BCUT2D eigenvalue weighted by Crippen LogP contribution is -2.21. The van der Waals surface area contributed by atoms with Crippen LogP contribution in [0, 0.1) is 18.3 Å². The first-order valence-electron chi connectivity index (χ1n) is 10.7. The Bertz CT molecular complexity index is 1480. The molecule has 0 unspecified atom stereocenters. The summed E-state index contributed by atoms with van der Waals surface area (Å²) in [7, 11) is 0. The SMILES string of the molecule is Cc1nccc(NCc2cccc(C(=O)Nc3ccccc3-n3cnc(C#N)n3)c2)n1.O=C(O)C(F)(F)F. The molecule has 0 radical (unpaired) electrons. The third kappa shape index (κ3) is 7.59. The van der Waals surface area contributed by atoms with Crippen molar-refractivity contribution in [1.29, 1.82) is 5.26 Å². The number of carbonyl (C=O) groups excluding carboxylic acids is 1. The van der Waals surface area contributed by atoms with Gasteiger partial charge in [0.1, 0.15) is 24.0 Å². The highest BCUT2D eigenvalue weighted by Gasteiger charge is 2.38. The highest BCUT2D eigenvalue weighted by Crippen LogP contribution is 2.20. The van der Waals surface area contributed by atoms with Crippen molar-refractivity contribution in [3.05, 3.63) is 89.9 Å². The van der Waals surface area contributed by atoms with E-state index >= 15 is 0 Å². The number of halogens is 3. The summed E-state index contributed by atoms with van der Waals surface area (Å²) in [6, 6.07) is 18.2. The van der Waals surface area contributed by atoms with Crippen LogP contribution in [-0.2, 0) is 11.3 Å². The van der Waals surface area contributed by atoms with Crippen LogP contribution in [0.2, 0.25) is 0 Å². The number of amides is 1. The smallest absolute Gasteiger partial charge is 0.475 e. The summed E-state index contributed by atoms with van der Waals surface area (Å²) in [5.74, 6) is -1.55. The van der Waals surface area contributed by atoms with Gasteiger partial charge in [-0.15, -0.1) is 5.10 Å². The van der Waals surface area contributed by atoms with Crippen LogP contribution in [0.15, 0.2) is 67.1 Å². The molecule has 14 heteroatoms. The Hall–Kier alpha value is -5.32. The van der Waals surface area contributed by atoms with Crippen molar-refractivity contribution in [2.75, 3.05) is 10.6 Å². The molecule has 0 saturated heterocycles. The summed E-state index contributed by atoms with van der Waals surface area (Å²) >= 11 is 0. The van der Waals surface area contributed by atoms with Crippen molar-refractivity contribution >= 4 is 23.4 Å². The van der Waals surface area contributed by atoms with E-state index in [-0.39, 0.29) is 11.7 Å². The molecule has 0 bridgehead atoms. The Morgan fingerprint density at radius 2 is 1.84 bits per heavy atom. The van der Waals surface area contributed by atoms with Gasteiger partial charge in [0.05, 0.1) is 11.4 Å². The molecule has 0 aliphatic rings. The van der Waals surface area contributed by atoms with E-state index in [4.69, 9.17) is 15.2 Å². The fraction of sp³-hybridized carbons (Fsp3) is 0.125. The molecule has 0 atom stereocenters. The van der Waals surface area contributed by atoms with Gasteiger partial charge in [0.25, 0.3) is 11.7 Å². The number of carboxylic acids is 1. The molecular formula is C24H19F3N8O3. The Morgan fingerprint density at radius 3 is 2.50 bits per heavy atom. The van der Waals surface area contributed by atoms with Gasteiger partial charge in [0.15, 0.2) is 0 Å². The van der Waals surface area contributed by atoms with Crippen LogP contribution in [-0.4, -0.2) is 47.9 Å². The zero-order valence-corrected chi connectivity index (χ0v) is 19.6. The van der Waals surface area contributed by atoms with Crippen LogP contribution in [0.3, 0.4) is 0 Å². The molecule has 0 aliphatic carbocycles. The van der Waals surface area contributed by atoms with E-state index in [1.54, 1.807) is 30.5 Å². The zero-order chi connectivity index (χ0) is 27.7. The number of benzene rings is 2. The molecule has 0 spiro atoms. The number of carboxylic acid groups (broad SMARTS) is 1. The first-order valence-corrected chi connectivity index (χ1v) is 10.7. The van der Waals surface area contributed by atoms with E-state index in [1.807, 2.05) is 43.3 Å². The molecule has 4 rings (SSSR count). The average molecular weight is 524 g/mol. The number of rotatable bonds is 6. The predicted octanol–water partition coefficient (Wildman–Crippen LogP) is 3.74. The summed E-state index contributed by atoms with van der Waals surface area (Å²) in [5.41, 5.74) is 2.63. The quantitative estimate of drug-likeness (QED) is 0.342. The lowest BCUT2D eigenvalue weighted by molar-refractivity contribution is -0.192. The van der Waals surface area contributed by atoms with Gasteiger partial charge < -0.3 is 15.7 Å². The van der Waals surface area contributed by atoms with E-state index in [0.29, 0.717) is 29.3 Å². The minimum absolute atomic E-state index is 0.0558. The van der Waals surface area contributed by atoms with Crippen LogP contribution >= 0.6 is 0 Å². The van der Waals surface area contributed by atoms with Gasteiger partial charge >= 0.3 is 12.1 Å². The van der Waals surface area contributed by atoms with Crippen LogP contribution in [0.5, 0.6) is 0 Å². The first kappa shape index (κ1) is 27.3. The average Bonchev–Trinajstić information content (AvgIpc) is 3.37. The molecular weight excluding hydrogens is 505 g/mol. The maximum atomic E-state index is 12.9. The van der Waals surface area contributed by atoms with Crippen molar-refractivity contribution in [3.63, 3.8) is 0 Å². The molecule has 194 valence electrons. The summed E-state index contributed by atoms with van der Waals surface area (Å²) in [5, 5.41) is 26.3. The lowest BCUT2D eigenvalue weighted by atomic mass is 10.1. The number of aryl methyl sites for hydroxylation is 1. The standard InChI is InChI=1S/C22H18N8O.C2HF3O2/c1-15-24-10-9-20(27-15)25-13-16-5-4-6-17(11-16)22(31)28-18-7-2-3-8-19(18)30-14-26-21(12-23)29-30;3-2(4,5)1(6)7/h2-11,14H,13H2,1H3,(H,28,31)(H,24,25,27);(H,6,7). The maximum Gasteiger partial charge on any atom is 0.490 e. The van der Waals surface area contributed by atoms with Gasteiger partial charge in [-0.1, -0.05) is 24.3 Å². The van der Waals surface area contributed by atoms with E-state index in [0.717, 1.165) is 11.4 Å². The summed E-state index contributed by atoms with van der Waals surface area (Å²) in [6.07, 6.45) is -1.95. The third-order valence-corrected chi connectivity index (χ3v) is 4.67. The molecule has 0 aliphatic heterocycles. The fourth-order valence-electron chi connectivity index (χ4n) is 2.97. The summed E-state index contributed by atoms with van der Waals surface area (Å²) in [4.78, 5) is 34.1. The van der Waals surface area contributed by atoms with Crippen LogP contribution in [0.4, 0.5) is 24.7 Å². The van der Waals surface area contributed by atoms with Crippen molar-refractivity contribution < 1.29 is 27.9 Å². The van der Waals surface area contributed by atoms with Crippen molar-refractivity contribution in [1.82, 2.24) is 24.7 Å². The number of anilines is 2. The highest BCUT2D eigenvalue weighted by molar-refractivity contribution is 6.05. The number of carbonyl (C=O) groups is 2. The lowest BCUT2D eigenvalue weighted by Gasteiger charge is -2.11. The molecule has 2 heterocycles. The topological polar surface area (TPSA) is 159 Å². The monoisotopic (exact) mass is 524 g/mol. The second-order valence-electron chi connectivity index (χ2n) is 7.44. The van der Waals surface area contributed by atoms with Crippen molar-refractivity contribution in [3.8, 4) is 11.8 Å². The molecule has 2 aromatic carbocycles. The Kier molecular flexibility index (Phi) is 8.67. The number of hydrogen-bond donors (Lipinski definition) is 3. The zero-order valence-electron chi connectivity index (χ0n) is 19.6. The van der Waals surface area contributed by atoms with Gasteiger partial charge in [-0.25, -0.2) is 24.4 Å². The Labute approximate surface area is 213 Å². The molecule has 4 aromatic rings. The van der Waals surface area contributed by atoms with Gasteiger partial charge in [-0.3, -0.25) is 4.79 Å². The van der Waals surface area contributed by atoms with Crippen molar-refractivity contribution in [2.45, 2.75) is 19.6 Å². The predicted molar refractivity (Wildman–Crippen MR) is 128 cm³/mol.